The molecule has 0 bridgehead atoms. The molecule has 0 spiro atoms. The van der Waals surface area contributed by atoms with Gasteiger partial charge in [0.25, 0.3) is 0 Å². The third-order valence-electron chi connectivity index (χ3n) is 4.10. The minimum atomic E-state index is -0.264. The van der Waals surface area contributed by atoms with Crippen LogP contribution in [0.15, 0.2) is 18.2 Å². The van der Waals surface area contributed by atoms with Gasteiger partial charge in [0.2, 0.25) is 11.8 Å². The summed E-state index contributed by atoms with van der Waals surface area (Å²) in [4.78, 5) is 25.0. The van der Waals surface area contributed by atoms with E-state index in [0.29, 0.717) is 48.3 Å². The van der Waals surface area contributed by atoms with Crippen molar-refractivity contribution in [2.45, 2.75) is 32.1 Å². The Morgan fingerprint density at radius 2 is 1.91 bits per heavy atom. The molecule has 2 rings (SSSR count). The number of hydrogen-bond acceptors (Lipinski definition) is 2. The predicted molar refractivity (Wildman–Crippen MR) is 87.9 cm³/mol. The largest absolute Gasteiger partial charge is 0.370 e. The number of hydrogen-bond donors (Lipinski definition) is 1. The number of halogens is 2. The fraction of sp³-hybridized carbons (Fsp3) is 0.500. The van der Waals surface area contributed by atoms with E-state index in [-0.39, 0.29) is 11.8 Å². The number of carbonyl (C=O) groups excluding carboxylic acids is 2. The van der Waals surface area contributed by atoms with E-state index in [1.54, 1.807) is 6.07 Å². The van der Waals surface area contributed by atoms with Crippen molar-refractivity contribution in [3.05, 3.63) is 33.8 Å². The molecule has 1 aliphatic heterocycles. The predicted octanol–water partition coefficient (Wildman–Crippen LogP) is 3.04. The minimum Gasteiger partial charge on any atom is -0.370 e. The van der Waals surface area contributed by atoms with Gasteiger partial charge in [-0.15, -0.1) is 0 Å². The molecule has 2 amide bonds. The summed E-state index contributed by atoms with van der Waals surface area (Å²) in [5.41, 5.74) is 6.11. The number of nitrogens with two attached hydrogens (primary N) is 1. The monoisotopic (exact) mass is 342 g/mol. The maximum absolute atomic E-state index is 12.3. The van der Waals surface area contributed by atoms with Gasteiger partial charge in [-0.3, -0.25) is 9.59 Å². The Kier molecular flexibility index (Phi) is 6.09. The highest BCUT2D eigenvalue weighted by Crippen LogP contribution is 2.27. The molecular formula is C16H20Cl2N2O2. The molecule has 1 aromatic carbocycles. The molecule has 4 nitrogen and oxygen atoms in total. The summed E-state index contributed by atoms with van der Waals surface area (Å²) >= 11 is 12.1. The molecule has 1 fully saturated rings. The van der Waals surface area contributed by atoms with Crippen LogP contribution in [0.25, 0.3) is 0 Å². The van der Waals surface area contributed by atoms with Crippen LogP contribution in [0.1, 0.15) is 31.2 Å². The van der Waals surface area contributed by atoms with E-state index in [0.717, 1.165) is 18.4 Å². The van der Waals surface area contributed by atoms with Crippen molar-refractivity contribution in [3.63, 3.8) is 0 Å². The van der Waals surface area contributed by atoms with Gasteiger partial charge in [0.05, 0.1) is 10.0 Å². The van der Waals surface area contributed by atoms with Crippen LogP contribution < -0.4 is 5.73 Å². The average Bonchev–Trinajstić information content (AvgIpc) is 2.48. The van der Waals surface area contributed by atoms with Crippen molar-refractivity contribution in [1.29, 1.82) is 0 Å². The van der Waals surface area contributed by atoms with E-state index >= 15 is 0 Å². The van der Waals surface area contributed by atoms with Crippen LogP contribution in [0.3, 0.4) is 0 Å². The van der Waals surface area contributed by atoms with Crippen LogP contribution in [0.5, 0.6) is 0 Å². The zero-order valence-electron chi connectivity index (χ0n) is 12.4. The Labute approximate surface area is 140 Å². The lowest BCUT2D eigenvalue weighted by atomic mass is 9.93. The lowest BCUT2D eigenvalue weighted by Crippen LogP contribution is -2.39. The number of primary amides is 1. The summed E-state index contributed by atoms with van der Waals surface area (Å²) in [6.07, 6.45) is 3.10. The zero-order chi connectivity index (χ0) is 16.1. The molecule has 0 saturated carbocycles. The Morgan fingerprint density at radius 3 is 2.55 bits per heavy atom. The molecule has 0 unspecified atom stereocenters. The second kappa shape index (κ2) is 7.84. The van der Waals surface area contributed by atoms with Gasteiger partial charge < -0.3 is 10.6 Å². The Balaban J connectivity index is 1.81. The Hall–Kier alpha value is -1.26. The van der Waals surface area contributed by atoms with Crippen molar-refractivity contribution in [3.8, 4) is 0 Å². The number of benzene rings is 1. The number of amides is 2. The van der Waals surface area contributed by atoms with Crippen molar-refractivity contribution >= 4 is 35.0 Å². The molecule has 0 atom stereocenters. The summed E-state index contributed by atoms with van der Waals surface area (Å²) in [5.74, 6) is 0.165. The highest BCUT2D eigenvalue weighted by molar-refractivity contribution is 6.42. The average molecular weight is 343 g/mol. The SMILES string of the molecule is NC(=O)CC1CCN(C(=O)CCc2cccc(Cl)c2Cl)CC1. The highest BCUT2D eigenvalue weighted by atomic mass is 35.5. The number of carbonyl (C=O) groups is 2. The molecule has 6 heteroatoms. The zero-order valence-corrected chi connectivity index (χ0v) is 13.9. The van der Waals surface area contributed by atoms with Gasteiger partial charge in [-0.05, 0) is 36.8 Å². The molecule has 0 aromatic heterocycles. The topological polar surface area (TPSA) is 63.4 Å². The van der Waals surface area contributed by atoms with E-state index in [9.17, 15) is 9.59 Å². The van der Waals surface area contributed by atoms with Crippen molar-refractivity contribution in [2.75, 3.05) is 13.1 Å². The van der Waals surface area contributed by atoms with Crippen molar-refractivity contribution in [2.24, 2.45) is 11.7 Å². The van der Waals surface area contributed by atoms with Gasteiger partial charge in [0, 0.05) is 25.9 Å². The van der Waals surface area contributed by atoms with E-state index in [2.05, 4.69) is 0 Å². The second-order valence-corrected chi connectivity index (χ2v) is 6.49. The standard InChI is InChI=1S/C16H20Cl2N2O2/c17-13-3-1-2-12(16(13)18)4-5-15(22)20-8-6-11(7-9-20)10-14(19)21/h1-3,11H,4-10H2,(H2,19,21). The molecule has 1 aromatic rings. The summed E-state index contributed by atoms with van der Waals surface area (Å²) < 4.78 is 0. The summed E-state index contributed by atoms with van der Waals surface area (Å²) in [6, 6.07) is 5.46. The Bertz CT molecular complexity index is 555. The number of likely N-dealkylation sites (tertiary alicyclic amines) is 1. The summed E-state index contributed by atoms with van der Waals surface area (Å²) in [7, 11) is 0. The molecule has 1 aliphatic rings. The first-order valence-electron chi connectivity index (χ1n) is 7.46. The van der Waals surface area contributed by atoms with Crippen molar-refractivity contribution < 1.29 is 9.59 Å². The van der Waals surface area contributed by atoms with Crippen molar-refractivity contribution in [1.82, 2.24) is 4.90 Å². The van der Waals surface area contributed by atoms with Gasteiger partial charge in [0.15, 0.2) is 0 Å². The smallest absolute Gasteiger partial charge is 0.222 e. The maximum atomic E-state index is 12.3. The fourth-order valence-corrected chi connectivity index (χ4v) is 3.23. The van der Waals surface area contributed by atoms with Crippen LogP contribution in [0.4, 0.5) is 0 Å². The van der Waals surface area contributed by atoms with E-state index in [1.165, 1.54) is 0 Å². The van der Waals surface area contributed by atoms with Gasteiger partial charge >= 0.3 is 0 Å². The van der Waals surface area contributed by atoms with E-state index < -0.39 is 0 Å². The minimum absolute atomic E-state index is 0.119. The van der Waals surface area contributed by atoms with Crippen LogP contribution >= 0.6 is 23.2 Å². The van der Waals surface area contributed by atoms with Gasteiger partial charge in [-0.1, -0.05) is 35.3 Å². The van der Waals surface area contributed by atoms with E-state index in [1.807, 2.05) is 17.0 Å². The third kappa shape index (κ3) is 4.62. The maximum Gasteiger partial charge on any atom is 0.222 e. The summed E-state index contributed by atoms with van der Waals surface area (Å²) in [6.45, 7) is 1.39. The van der Waals surface area contributed by atoms with Crippen LogP contribution in [-0.2, 0) is 16.0 Å². The number of piperidine rings is 1. The number of rotatable bonds is 5. The molecule has 120 valence electrons. The van der Waals surface area contributed by atoms with Crippen LogP contribution in [0.2, 0.25) is 10.0 Å². The fourth-order valence-electron chi connectivity index (χ4n) is 2.81. The first-order chi connectivity index (χ1) is 10.5. The molecule has 0 aliphatic carbocycles. The normalized spacial score (nSPS) is 15.8. The van der Waals surface area contributed by atoms with Crippen LogP contribution in [-0.4, -0.2) is 29.8 Å². The molecule has 1 heterocycles. The molecule has 2 N–H and O–H groups in total. The number of aryl methyl sites for hydroxylation is 1. The first-order valence-corrected chi connectivity index (χ1v) is 8.22. The number of nitrogens with zero attached hydrogens (tertiary/aromatic N) is 1. The summed E-state index contributed by atoms with van der Waals surface area (Å²) in [5, 5.41) is 1.04. The highest BCUT2D eigenvalue weighted by Gasteiger charge is 2.23. The van der Waals surface area contributed by atoms with Gasteiger partial charge in [0.1, 0.15) is 0 Å². The lowest BCUT2D eigenvalue weighted by Gasteiger charge is -2.31. The molecule has 1 saturated heterocycles. The second-order valence-electron chi connectivity index (χ2n) is 5.71. The molecule has 0 radical (unpaired) electrons. The quantitative estimate of drug-likeness (QED) is 0.893. The Morgan fingerprint density at radius 1 is 1.23 bits per heavy atom. The van der Waals surface area contributed by atoms with Crippen LogP contribution in [0, 0.1) is 5.92 Å². The third-order valence-corrected chi connectivity index (χ3v) is 4.95. The first kappa shape index (κ1) is 17.1. The lowest BCUT2D eigenvalue weighted by molar-refractivity contribution is -0.132. The van der Waals surface area contributed by atoms with E-state index in [4.69, 9.17) is 28.9 Å². The molecule has 22 heavy (non-hydrogen) atoms. The van der Waals surface area contributed by atoms with Gasteiger partial charge in [-0.2, -0.15) is 0 Å². The molecular weight excluding hydrogens is 323 g/mol. The van der Waals surface area contributed by atoms with Gasteiger partial charge in [-0.25, -0.2) is 0 Å².